The van der Waals surface area contributed by atoms with Crippen molar-refractivity contribution in [3.05, 3.63) is 41.0 Å². The minimum absolute atomic E-state index is 0.0181. The van der Waals surface area contributed by atoms with Gasteiger partial charge < -0.3 is 10.8 Å². The molecule has 2 unspecified atom stereocenters. The summed E-state index contributed by atoms with van der Waals surface area (Å²) in [4.78, 5) is 23.1. The first kappa shape index (κ1) is 15.3. The lowest BCUT2D eigenvalue weighted by atomic mass is 9.82. The summed E-state index contributed by atoms with van der Waals surface area (Å²) in [6.45, 7) is 4.01. The average molecular weight is 287 g/mol. The summed E-state index contributed by atoms with van der Waals surface area (Å²) in [5, 5.41) is 9.15. The van der Waals surface area contributed by atoms with Gasteiger partial charge in [-0.3, -0.25) is 9.59 Å². The number of allylic oxidation sites excluding steroid dienone is 1. The maximum Gasteiger partial charge on any atom is 0.303 e. The van der Waals surface area contributed by atoms with Crippen LogP contribution in [0.3, 0.4) is 0 Å². The molecule has 0 radical (unpaired) electrons. The van der Waals surface area contributed by atoms with Gasteiger partial charge in [-0.05, 0) is 35.8 Å². The van der Waals surface area contributed by atoms with Gasteiger partial charge >= 0.3 is 5.97 Å². The molecule has 0 spiro atoms. The van der Waals surface area contributed by atoms with Crippen LogP contribution in [0.4, 0.5) is 0 Å². The van der Waals surface area contributed by atoms with Crippen molar-refractivity contribution in [2.24, 2.45) is 11.7 Å². The molecule has 1 aromatic carbocycles. The SMILES string of the molecule is CCC1=C(C(N)=O)c2ccccc2C(C)C(CC(=O)O)C1. The van der Waals surface area contributed by atoms with Crippen LogP contribution in [-0.2, 0) is 9.59 Å². The Morgan fingerprint density at radius 1 is 1.33 bits per heavy atom. The third-order valence-corrected chi connectivity index (χ3v) is 4.40. The van der Waals surface area contributed by atoms with Crippen LogP contribution < -0.4 is 5.73 Å². The van der Waals surface area contributed by atoms with E-state index < -0.39 is 11.9 Å². The number of carbonyl (C=O) groups excluding carboxylic acids is 1. The van der Waals surface area contributed by atoms with Gasteiger partial charge in [-0.2, -0.15) is 0 Å². The van der Waals surface area contributed by atoms with Gasteiger partial charge in [-0.15, -0.1) is 0 Å². The Bertz CT molecular complexity index is 604. The molecule has 1 amide bonds. The largest absolute Gasteiger partial charge is 0.481 e. The van der Waals surface area contributed by atoms with Crippen LogP contribution in [0.5, 0.6) is 0 Å². The molecule has 0 saturated heterocycles. The van der Waals surface area contributed by atoms with Gasteiger partial charge in [-0.25, -0.2) is 0 Å². The molecule has 1 aliphatic carbocycles. The number of carbonyl (C=O) groups is 2. The zero-order chi connectivity index (χ0) is 15.6. The third kappa shape index (κ3) is 2.99. The number of carboxylic acid groups (broad SMARTS) is 1. The van der Waals surface area contributed by atoms with E-state index >= 15 is 0 Å². The Morgan fingerprint density at radius 2 is 2.00 bits per heavy atom. The first-order chi connectivity index (χ1) is 9.95. The topological polar surface area (TPSA) is 80.4 Å². The predicted molar refractivity (Wildman–Crippen MR) is 81.6 cm³/mol. The summed E-state index contributed by atoms with van der Waals surface area (Å²) in [6, 6.07) is 7.68. The Kier molecular flexibility index (Phi) is 4.46. The highest BCUT2D eigenvalue weighted by atomic mass is 16.4. The molecule has 3 N–H and O–H groups in total. The number of fused-ring (bicyclic) bond motifs is 1. The molecule has 4 nitrogen and oxygen atoms in total. The Morgan fingerprint density at radius 3 is 2.57 bits per heavy atom. The van der Waals surface area contributed by atoms with Crippen LogP contribution in [0.15, 0.2) is 29.8 Å². The van der Waals surface area contributed by atoms with Gasteiger partial charge in [0.05, 0.1) is 0 Å². The van der Waals surface area contributed by atoms with E-state index in [1.807, 2.05) is 38.1 Å². The number of rotatable bonds is 4. The van der Waals surface area contributed by atoms with Crippen LogP contribution >= 0.6 is 0 Å². The molecule has 1 aliphatic rings. The maximum absolute atomic E-state index is 11.9. The summed E-state index contributed by atoms with van der Waals surface area (Å²) in [7, 11) is 0. The molecule has 0 fully saturated rings. The number of benzene rings is 1. The van der Waals surface area contributed by atoms with Crippen molar-refractivity contribution in [2.45, 2.75) is 39.0 Å². The van der Waals surface area contributed by atoms with E-state index in [1.54, 1.807) is 0 Å². The molecular weight excluding hydrogens is 266 g/mol. The van der Waals surface area contributed by atoms with Crippen LogP contribution in [0.2, 0.25) is 0 Å². The second-order valence-corrected chi connectivity index (χ2v) is 5.63. The fourth-order valence-electron chi connectivity index (χ4n) is 3.26. The highest BCUT2D eigenvalue weighted by Crippen LogP contribution is 2.42. The van der Waals surface area contributed by atoms with Gasteiger partial charge in [0.15, 0.2) is 0 Å². The molecule has 0 aliphatic heterocycles. The summed E-state index contributed by atoms with van der Waals surface area (Å²) in [5.41, 5.74) is 9.01. The standard InChI is InChI=1S/C17H21NO3/c1-3-11-8-12(9-15(19)20)10(2)13-6-4-5-7-14(13)16(11)17(18)21/h4-7,10,12H,3,8-9H2,1-2H3,(H2,18,21)(H,19,20). The van der Waals surface area contributed by atoms with E-state index in [1.165, 1.54) is 0 Å². The van der Waals surface area contributed by atoms with Crippen molar-refractivity contribution in [3.63, 3.8) is 0 Å². The molecule has 21 heavy (non-hydrogen) atoms. The fourth-order valence-corrected chi connectivity index (χ4v) is 3.26. The Labute approximate surface area is 124 Å². The number of hydrogen-bond acceptors (Lipinski definition) is 2. The average Bonchev–Trinajstić information content (AvgIpc) is 2.55. The van der Waals surface area contributed by atoms with Crippen molar-refractivity contribution < 1.29 is 14.7 Å². The summed E-state index contributed by atoms with van der Waals surface area (Å²) in [6.07, 6.45) is 1.41. The van der Waals surface area contributed by atoms with E-state index in [2.05, 4.69) is 0 Å². The molecule has 0 saturated carbocycles. The zero-order valence-corrected chi connectivity index (χ0v) is 12.4. The minimum atomic E-state index is -0.803. The normalized spacial score (nSPS) is 21.6. The molecule has 2 rings (SSSR count). The lowest BCUT2D eigenvalue weighted by Gasteiger charge is -2.22. The molecule has 112 valence electrons. The lowest BCUT2D eigenvalue weighted by molar-refractivity contribution is -0.138. The Balaban J connectivity index is 2.62. The van der Waals surface area contributed by atoms with Crippen molar-refractivity contribution in [1.82, 2.24) is 0 Å². The fraction of sp³-hybridized carbons (Fsp3) is 0.412. The smallest absolute Gasteiger partial charge is 0.303 e. The van der Waals surface area contributed by atoms with Crippen molar-refractivity contribution in [2.75, 3.05) is 0 Å². The van der Waals surface area contributed by atoms with Crippen molar-refractivity contribution >= 4 is 17.4 Å². The highest BCUT2D eigenvalue weighted by molar-refractivity contribution is 6.20. The summed E-state index contributed by atoms with van der Waals surface area (Å²) < 4.78 is 0. The third-order valence-electron chi connectivity index (χ3n) is 4.40. The first-order valence-corrected chi connectivity index (χ1v) is 7.28. The van der Waals surface area contributed by atoms with Gasteiger partial charge in [0.25, 0.3) is 0 Å². The summed E-state index contributed by atoms with van der Waals surface area (Å²) in [5.74, 6) is -1.17. The molecule has 0 bridgehead atoms. The molecular formula is C17H21NO3. The molecule has 2 atom stereocenters. The second kappa shape index (κ2) is 6.12. The van der Waals surface area contributed by atoms with Gasteiger partial charge in [-0.1, -0.05) is 43.7 Å². The minimum Gasteiger partial charge on any atom is -0.481 e. The van der Waals surface area contributed by atoms with E-state index in [-0.39, 0.29) is 18.3 Å². The van der Waals surface area contributed by atoms with Crippen LogP contribution in [0.1, 0.15) is 50.2 Å². The highest BCUT2D eigenvalue weighted by Gasteiger charge is 2.31. The van der Waals surface area contributed by atoms with Gasteiger partial charge in [0.2, 0.25) is 5.91 Å². The van der Waals surface area contributed by atoms with Crippen LogP contribution in [0.25, 0.3) is 5.57 Å². The molecule has 0 heterocycles. The van der Waals surface area contributed by atoms with E-state index in [0.29, 0.717) is 18.4 Å². The van der Waals surface area contributed by atoms with E-state index in [0.717, 1.165) is 16.7 Å². The number of aliphatic carboxylic acids is 1. The summed E-state index contributed by atoms with van der Waals surface area (Å²) >= 11 is 0. The van der Waals surface area contributed by atoms with Crippen molar-refractivity contribution in [3.8, 4) is 0 Å². The first-order valence-electron chi connectivity index (χ1n) is 7.28. The number of hydrogen-bond donors (Lipinski definition) is 2. The molecule has 1 aromatic rings. The monoisotopic (exact) mass is 287 g/mol. The molecule has 0 aromatic heterocycles. The number of primary amides is 1. The number of amides is 1. The second-order valence-electron chi connectivity index (χ2n) is 5.63. The quantitative estimate of drug-likeness (QED) is 0.893. The lowest BCUT2D eigenvalue weighted by Crippen LogP contribution is -2.15. The number of carboxylic acids is 1. The molecule has 4 heteroatoms. The zero-order valence-electron chi connectivity index (χ0n) is 12.4. The Hall–Kier alpha value is -2.10. The van der Waals surface area contributed by atoms with Crippen LogP contribution in [0, 0.1) is 5.92 Å². The maximum atomic E-state index is 11.9. The van der Waals surface area contributed by atoms with Gasteiger partial charge in [0.1, 0.15) is 0 Å². The van der Waals surface area contributed by atoms with E-state index in [4.69, 9.17) is 10.8 Å². The van der Waals surface area contributed by atoms with Gasteiger partial charge in [0, 0.05) is 12.0 Å². The van der Waals surface area contributed by atoms with Crippen molar-refractivity contribution in [1.29, 1.82) is 0 Å². The number of nitrogens with two attached hydrogens (primary N) is 1. The van der Waals surface area contributed by atoms with E-state index in [9.17, 15) is 9.59 Å². The van der Waals surface area contributed by atoms with Crippen LogP contribution in [-0.4, -0.2) is 17.0 Å². The predicted octanol–water partition coefficient (Wildman–Crippen LogP) is 2.93.